The van der Waals surface area contributed by atoms with Crippen LogP contribution in [-0.4, -0.2) is 58.7 Å². The van der Waals surface area contributed by atoms with Crippen molar-refractivity contribution in [3.8, 4) is 0 Å². The molecule has 3 aromatic rings. The van der Waals surface area contributed by atoms with Gasteiger partial charge in [-0.3, -0.25) is 9.59 Å². The van der Waals surface area contributed by atoms with Crippen LogP contribution >= 0.6 is 0 Å². The van der Waals surface area contributed by atoms with E-state index in [1.54, 1.807) is 33.9 Å². The molecule has 0 bridgehead atoms. The van der Waals surface area contributed by atoms with Crippen molar-refractivity contribution in [1.29, 1.82) is 0 Å². The summed E-state index contributed by atoms with van der Waals surface area (Å²) in [6.07, 6.45) is 2.91. The van der Waals surface area contributed by atoms with Crippen LogP contribution in [0.15, 0.2) is 60.8 Å². The quantitative estimate of drug-likeness (QED) is 0.215. The number of aromatic amines is 1. The van der Waals surface area contributed by atoms with Gasteiger partial charge in [0.15, 0.2) is 0 Å². The van der Waals surface area contributed by atoms with Crippen LogP contribution in [0, 0.1) is 0 Å². The Balaban J connectivity index is 1.80. The molecule has 10 heteroatoms. The van der Waals surface area contributed by atoms with E-state index < -0.39 is 47.1 Å². The van der Waals surface area contributed by atoms with E-state index in [1.807, 2.05) is 54.6 Å². The topological polar surface area (TPSA) is 139 Å². The summed E-state index contributed by atoms with van der Waals surface area (Å²) in [5, 5.41) is 9.11. The Morgan fingerprint density at radius 2 is 1.56 bits per heavy atom. The monoisotopic (exact) mass is 592 g/mol. The number of carbonyl (C=O) groups is 4. The lowest BCUT2D eigenvalue weighted by molar-refractivity contribution is -0.148. The molecule has 2 atom stereocenters. The van der Waals surface area contributed by atoms with Gasteiger partial charge < -0.3 is 30.4 Å². The minimum Gasteiger partial charge on any atom is -0.464 e. The number of benzene rings is 2. The molecule has 0 saturated carbocycles. The van der Waals surface area contributed by atoms with Crippen molar-refractivity contribution < 1.29 is 28.7 Å². The van der Waals surface area contributed by atoms with Crippen molar-refractivity contribution >= 4 is 34.8 Å². The minimum absolute atomic E-state index is 0.143. The van der Waals surface area contributed by atoms with Crippen LogP contribution in [0.1, 0.15) is 65.5 Å². The lowest BCUT2D eigenvalue weighted by Gasteiger charge is -2.30. The number of aryl methyl sites for hydroxylation is 1. The third-order valence-electron chi connectivity index (χ3n) is 6.79. The Labute approximate surface area is 253 Å². The first kappa shape index (κ1) is 33.2. The first-order valence-electron chi connectivity index (χ1n) is 14.7. The maximum absolute atomic E-state index is 13.8. The number of nitrogens with one attached hydrogen (secondary N) is 4. The summed E-state index contributed by atoms with van der Waals surface area (Å²) in [4.78, 5) is 55.7. The van der Waals surface area contributed by atoms with Crippen LogP contribution in [0.5, 0.6) is 0 Å². The second-order valence-corrected chi connectivity index (χ2v) is 12.0. The van der Waals surface area contributed by atoms with Crippen LogP contribution in [-0.2, 0) is 36.7 Å². The van der Waals surface area contributed by atoms with Crippen molar-refractivity contribution in [3.63, 3.8) is 0 Å². The molecule has 3 amide bonds. The maximum Gasteiger partial charge on any atom is 0.408 e. The highest BCUT2D eigenvalue weighted by atomic mass is 16.6. The van der Waals surface area contributed by atoms with Gasteiger partial charge in [-0.1, -0.05) is 48.5 Å². The summed E-state index contributed by atoms with van der Waals surface area (Å²) in [5.41, 5.74) is 0.667. The highest BCUT2D eigenvalue weighted by Crippen LogP contribution is 2.20. The highest BCUT2D eigenvalue weighted by molar-refractivity contribution is 5.95. The molecule has 4 N–H and O–H groups in total. The van der Waals surface area contributed by atoms with Crippen molar-refractivity contribution in [2.24, 2.45) is 0 Å². The number of aromatic nitrogens is 1. The van der Waals surface area contributed by atoms with E-state index in [1.165, 1.54) is 13.8 Å². The number of esters is 1. The van der Waals surface area contributed by atoms with Crippen molar-refractivity contribution in [2.75, 3.05) is 6.61 Å². The Bertz CT molecular complexity index is 1390. The molecule has 0 aliphatic heterocycles. The summed E-state index contributed by atoms with van der Waals surface area (Å²) in [6.45, 7) is 10.1. The van der Waals surface area contributed by atoms with Gasteiger partial charge >= 0.3 is 12.1 Å². The predicted molar refractivity (Wildman–Crippen MR) is 165 cm³/mol. The van der Waals surface area contributed by atoms with E-state index in [2.05, 4.69) is 20.9 Å². The minimum atomic E-state index is -1.41. The summed E-state index contributed by atoms with van der Waals surface area (Å²) >= 11 is 0. The third-order valence-corrected chi connectivity index (χ3v) is 6.79. The van der Waals surface area contributed by atoms with Crippen molar-refractivity contribution in [1.82, 2.24) is 20.9 Å². The van der Waals surface area contributed by atoms with Crippen molar-refractivity contribution in [2.45, 2.75) is 90.4 Å². The summed E-state index contributed by atoms with van der Waals surface area (Å²) in [7, 11) is 0. The molecule has 0 radical (unpaired) electrons. The van der Waals surface area contributed by atoms with E-state index in [-0.39, 0.29) is 13.0 Å². The Kier molecular flexibility index (Phi) is 11.3. The fraction of sp³-hybridized carbons (Fsp3) is 0.455. The van der Waals surface area contributed by atoms with Crippen molar-refractivity contribution in [3.05, 3.63) is 71.9 Å². The van der Waals surface area contributed by atoms with Gasteiger partial charge in [0.2, 0.25) is 11.8 Å². The molecule has 0 aliphatic rings. The van der Waals surface area contributed by atoms with Crippen LogP contribution < -0.4 is 16.0 Å². The van der Waals surface area contributed by atoms with Gasteiger partial charge in [0, 0.05) is 23.5 Å². The van der Waals surface area contributed by atoms with E-state index in [0.29, 0.717) is 12.8 Å². The molecule has 0 saturated heterocycles. The zero-order valence-electron chi connectivity index (χ0n) is 25.9. The number of carbonyl (C=O) groups excluding carboxylic acids is 4. The molecule has 0 fully saturated rings. The van der Waals surface area contributed by atoms with Gasteiger partial charge in [0.25, 0.3) is 0 Å². The first-order chi connectivity index (χ1) is 20.3. The first-order valence-corrected chi connectivity index (χ1v) is 14.7. The number of hydrogen-bond donors (Lipinski definition) is 4. The van der Waals surface area contributed by atoms with Gasteiger partial charge in [0.1, 0.15) is 23.2 Å². The number of para-hydroxylation sites is 1. The SMILES string of the molecule is CCOC(=O)[C@@H](CCCc1ccccc1)NC(=O)[C@@H](Cc1c[nH]c2ccccc12)NC(=O)C(C)(C)NC(=O)OC(C)(C)C. The summed E-state index contributed by atoms with van der Waals surface area (Å²) < 4.78 is 10.6. The van der Waals surface area contributed by atoms with E-state index in [0.717, 1.165) is 28.5 Å². The number of rotatable bonds is 13. The van der Waals surface area contributed by atoms with E-state index in [4.69, 9.17) is 9.47 Å². The third kappa shape index (κ3) is 10.2. The zero-order chi connectivity index (χ0) is 31.6. The van der Waals surface area contributed by atoms with E-state index >= 15 is 0 Å². The van der Waals surface area contributed by atoms with Crippen LogP contribution in [0.3, 0.4) is 0 Å². The number of alkyl carbamates (subject to hydrolysis) is 1. The fourth-order valence-electron chi connectivity index (χ4n) is 4.60. The number of fused-ring (bicyclic) bond motifs is 1. The number of amides is 3. The van der Waals surface area contributed by atoms with Gasteiger partial charge in [0.05, 0.1) is 6.61 Å². The summed E-state index contributed by atoms with van der Waals surface area (Å²) in [6, 6.07) is 15.6. The maximum atomic E-state index is 13.8. The van der Waals surface area contributed by atoms with Crippen LogP contribution in [0.25, 0.3) is 10.9 Å². The number of ether oxygens (including phenoxy) is 2. The molecule has 0 spiro atoms. The Morgan fingerprint density at radius 1 is 0.884 bits per heavy atom. The molecule has 0 unspecified atom stereocenters. The molecule has 2 aromatic carbocycles. The molecular weight excluding hydrogens is 548 g/mol. The summed E-state index contributed by atoms with van der Waals surface area (Å²) in [5.74, 6) is -1.66. The molecule has 43 heavy (non-hydrogen) atoms. The number of H-pyrrole nitrogens is 1. The standard InChI is InChI=1S/C33H44N4O6/c1-7-42-29(39)26(19-13-16-22-14-9-8-10-15-22)35-28(38)27(20-23-21-34-25-18-12-11-17-24(23)25)36-30(40)33(5,6)37-31(41)43-32(2,3)4/h8-12,14-15,17-18,21,26-27,34H,7,13,16,19-20H2,1-6H3,(H,35,38)(H,36,40)(H,37,41)/t26-,27-/m1/s1. The lowest BCUT2D eigenvalue weighted by Crippen LogP contribution is -2.60. The molecule has 232 valence electrons. The molecule has 1 heterocycles. The molecule has 3 rings (SSSR count). The number of hydrogen-bond acceptors (Lipinski definition) is 6. The lowest BCUT2D eigenvalue weighted by atomic mass is 10.00. The van der Waals surface area contributed by atoms with Gasteiger partial charge in [-0.05, 0) is 78.0 Å². The fourth-order valence-corrected chi connectivity index (χ4v) is 4.60. The van der Waals surface area contributed by atoms with Crippen LogP contribution in [0.2, 0.25) is 0 Å². The molecule has 10 nitrogen and oxygen atoms in total. The average Bonchev–Trinajstić information content (AvgIpc) is 3.34. The smallest absolute Gasteiger partial charge is 0.408 e. The van der Waals surface area contributed by atoms with Crippen LogP contribution in [0.4, 0.5) is 4.79 Å². The molecule has 1 aromatic heterocycles. The predicted octanol–water partition coefficient (Wildman–Crippen LogP) is 4.57. The molecular formula is C33H44N4O6. The normalized spacial score (nSPS) is 13.1. The average molecular weight is 593 g/mol. The second-order valence-electron chi connectivity index (χ2n) is 12.0. The van der Waals surface area contributed by atoms with Gasteiger partial charge in [-0.25, -0.2) is 9.59 Å². The van der Waals surface area contributed by atoms with Gasteiger partial charge in [-0.15, -0.1) is 0 Å². The van der Waals surface area contributed by atoms with Gasteiger partial charge in [-0.2, -0.15) is 0 Å². The second kappa shape index (κ2) is 14.7. The highest BCUT2D eigenvalue weighted by Gasteiger charge is 2.35. The molecule has 0 aliphatic carbocycles. The Hall–Kier alpha value is -4.34. The zero-order valence-corrected chi connectivity index (χ0v) is 25.9. The van der Waals surface area contributed by atoms with E-state index in [9.17, 15) is 19.2 Å². The Morgan fingerprint density at radius 3 is 2.23 bits per heavy atom. The largest absolute Gasteiger partial charge is 0.464 e.